The Kier molecular flexibility index (Phi) is 34.5. The minimum atomic E-state index is -1.83. The molecule has 8 N–H and O–H groups in total. The molecule has 0 aromatic heterocycles. The first-order valence-corrected chi connectivity index (χ1v) is 39.3. The van der Waals surface area contributed by atoms with Crippen molar-refractivity contribution in [2.45, 2.75) is 238 Å². The second-order valence-corrected chi connectivity index (χ2v) is 31.6. The zero-order chi connectivity index (χ0) is 82.2. The van der Waals surface area contributed by atoms with Gasteiger partial charge in [-0.3, -0.25) is 67.1 Å². The predicted octanol–water partition coefficient (Wildman–Crippen LogP) is 2.89. The number of nitrogens with zero attached hydrogens (tertiary/aromatic N) is 7. The molecule has 0 bridgehead atoms. The molecular weight excluding hydrogens is 1420 g/mol. The molecule has 0 spiro atoms. The number of piperidine rings is 1. The van der Waals surface area contributed by atoms with Crippen molar-refractivity contribution in [3.05, 3.63) is 108 Å². The number of benzene rings is 3. The fourth-order valence-corrected chi connectivity index (χ4v) is 14.4. The van der Waals surface area contributed by atoms with E-state index in [0.29, 0.717) is 36.2 Å². The van der Waals surface area contributed by atoms with Crippen LogP contribution in [0.5, 0.6) is 0 Å². The van der Waals surface area contributed by atoms with Crippen LogP contribution in [0.25, 0.3) is 0 Å². The number of likely N-dealkylation sites (N-methyl/N-ethyl adjacent to an activating group) is 5. The van der Waals surface area contributed by atoms with Crippen LogP contribution in [-0.4, -0.2) is 262 Å². The number of fused-ring (bicyclic) bond motifs is 1. The summed E-state index contributed by atoms with van der Waals surface area (Å²) in [6.45, 7) is 19.0. The first kappa shape index (κ1) is 90.1. The van der Waals surface area contributed by atoms with E-state index in [-0.39, 0.29) is 81.6 Å². The standard InChI is InChI=1S/C82H122N14O15/c1-17-52(8)69-76(105)89-70(55(11)97)77(106)87-60(44-56-31-22-18-23-32-56)80(109)94(16)66(46-58-35-26-20-27-36-58)82(111)93(15)63(42-50(4)5)72(101)83-48-68(99)96-40-30-37-62(96)73(102)85-59(41-49(2)3)79(108)91(13)64(43-51(6)7)75(104)86-61(47-67(98)90(12)54(10)71(100)88-69)81(110)92(14)65(45-57-33-24-19-25-34-57)74(103)84-53(9)78(107)95-38-28-21-29-39-95/h18-20,22-27,31-36,49-55,59-66,69-70,97H,17,21,28-30,37-48H2,1-16H3,(H,83,101)(H,84,103)(H,85,102)(H,86,104)(H,87,106)(H,88,100)(H,89,105)/t52-,53-,54-,55+,59-,60-,61-,62-,63-,64-,65-,66-,69-,70-/m0/s1. The summed E-state index contributed by atoms with van der Waals surface area (Å²) in [5, 5.41) is 30.7. The second-order valence-electron chi connectivity index (χ2n) is 31.6. The lowest BCUT2D eigenvalue weighted by molar-refractivity contribution is -0.149. The molecule has 3 heterocycles. The summed E-state index contributed by atoms with van der Waals surface area (Å²) in [5.74, 6) is -12.2. The number of carbonyl (C=O) groups excluding carboxylic acids is 14. The van der Waals surface area contributed by atoms with Crippen molar-refractivity contribution < 1.29 is 72.2 Å². The summed E-state index contributed by atoms with van der Waals surface area (Å²) in [6.07, 6.45) is 0.677. The quantitative estimate of drug-likeness (QED) is 0.0806. The summed E-state index contributed by atoms with van der Waals surface area (Å²) >= 11 is 0. The van der Waals surface area contributed by atoms with Gasteiger partial charge in [0.1, 0.15) is 72.5 Å². The third-order valence-corrected chi connectivity index (χ3v) is 21.5. The van der Waals surface area contributed by atoms with E-state index < -0.39 is 174 Å². The zero-order valence-electron chi connectivity index (χ0n) is 67.8. The van der Waals surface area contributed by atoms with Gasteiger partial charge in [0.05, 0.1) is 19.1 Å². The maximum absolute atomic E-state index is 15.6. The number of likely N-dealkylation sites (tertiary alicyclic amines) is 1. The summed E-state index contributed by atoms with van der Waals surface area (Å²) < 4.78 is 0. The molecule has 29 nitrogen and oxygen atoms in total. The molecule has 0 aliphatic carbocycles. The number of aliphatic hydroxyl groups is 1. The third-order valence-electron chi connectivity index (χ3n) is 21.5. The number of hydrogen-bond donors (Lipinski definition) is 8. The lowest BCUT2D eigenvalue weighted by atomic mass is 9.96. The Morgan fingerprint density at radius 1 is 0.523 bits per heavy atom. The smallest absolute Gasteiger partial charge is 0.246 e. The summed E-state index contributed by atoms with van der Waals surface area (Å²) in [4.78, 5) is 218. The van der Waals surface area contributed by atoms with Crippen molar-refractivity contribution in [2.24, 2.45) is 23.7 Å². The highest BCUT2D eigenvalue weighted by molar-refractivity contribution is 6.01. The van der Waals surface area contributed by atoms with E-state index in [1.165, 1.54) is 63.8 Å². The average Bonchev–Trinajstić information content (AvgIpc) is 1.36. The number of nitrogens with one attached hydrogen (secondary N) is 7. The monoisotopic (exact) mass is 1540 g/mol. The lowest BCUT2D eigenvalue weighted by Crippen LogP contribution is -2.63. The van der Waals surface area contributed by atoms with E-state index in [1.807, 2.05) is 27.7 Å². The first-order valence-electron chi connectivity index (χ1n) is 39.3. The van der Waals surface area contributed by atoms with Gasteiger partial charge in [-0.25, -0.2) is 0 Å². The number of aliphatic hydroxyl groups excluding tert-OH is 1. The summed E-state index contributed by atoms with van der Waals surface area (Å²) in [7, 11) is 6.79. The highest BCUT2D eigenvalue weighted by atomic mass is 16.3. The van der Waals surface area contributed by atoms with Crippen molar-refractivity contribution in [1.82, 2.24) is 71.5 Å². The predicted molar refractivity (Wildman–Crippen MR) is 418 cm³/mol. The Hall–Kier alpha value is -9.80. The number of hydrogen-bond acceptors (Lipinski definition) is 15. The summed E-state index contributed by atoms with van der Waals surface area (Å²) in [6, 6.07) is 9.52. The van der Waals surface area contributed by atoms with Gasteiger partial charge in [-0.05, 0) is 112 Å². The van der Waals surface area contributed by atoms with Crippen molar-refractivity contribution >= 4 is 82.7 Å². The SMILES string of the molecule is CC[C@H](C)[C@@H]1NC(=O)[C@H](C)N(C)C(=O)C[C@@H](C(=O)N(C)[C@@H](Cc2ccccc2)C(=O)N[C@@H](C)C(=O)N2CCCCC2)NC(=O)[C@H](CC(C)C)N(C)C(=O)[C@H](CC(C)C)NC(=O)[C@@H]2CCCN2C(=O)CNC(=O)[C@H](CC(C)C)N(C)C(=O)[C@H](Cc2ccccc2)N(C)C(=O)[C@H](Cc2ccccc2)NC(=O)[C@H]([C@@H](C)O)NC1=O. The fourth-order valence-electron chi connectivity index (χ4n) is 14.4. The van der Waals surface area contributed by atoms with Crippen LogP contribution in [0.1, 0.15) is 157 Å². The van der Waals surface area contributed by atoms with Gasteiger partial charge in [-0.1, -0.05) is 153 Å². The number of rotatable bonds is 20. The van der Waals surface area contributed by atoms with Crippen molar-refractivity contribution in [3.8, 4) is 0 Å². The Morgan fingerprint density at radius 3 is 1.57 bits per heavy atom. The Labute approximate surface area is 654 Å². The number of carbonyl (C=O) groups is 14. The van der Waals surface area contributed by atoms with Crippen LogP contribution in [0.4, 0.5) is 0 Å². The Morgan fingerprint density at radius 2 is 1.02 bits per heavy atom. The molecule has 29 heteroatoms. The lowest BCUT2D eigenvalue weighted by Gasteiger charge is -2.37. The van der Waals surface area contributed by atoms with Crippen LogP contribution in [0.15, 0.2) is 91.0 Å². The van der Waals surface area contributed by atoms with Crippen molar-refractivity contribution in [1.29, 1.82) is 0 Å². The molecule has 0 unspecified atom stereocenters. The van der Waals surface area contributed by atoms with Crippen molar-refractivity contribution in [3.63, 3.8) is 0 Å². The highest BCUT2D eigenvalue weighted by Crippen LogP contribution is 2.25. The van der Waals surface area contributed by atoms with Crippen LogP contribution < -0.4 is 37.2 Å². The van der Waals surface area contributed by atoms with Gasteiger partial charge >= 0.3 is 0 Å². The third kappa shape index (κ3) is 25.4. The van der Waals surface area contributed by atoms with E-state index in [1.54, 1.807) is 131 Å². The molecule has 3 aromatic carbocycles. The van der Waals surface area contributed by atoms with Gasteiger partial charge in [0.25, 0.3) is 0 Å². The van der Waals surface area contributed by atoms with E-state index in [2.05, 4.69) is 37.2 Å². The highest BCUT2D eigenvalue weighted by Gasteiger charge is 2.45. The normalized spacial score (nSPS) is 24.7. The average molecular weight is 1540 g/mol. The minimum Gasteiger partial charge on any atom is -0.391 e. The molecule has 3 saturated heterocycles. The topological polar surface area (TPSA) is 366 Å². The molecule has 6 rings (SSSR count). The van der Waals surface area contributed by atoms with Crippen LogP contribution in [-0.2, 0) is 86.4 Å². The van der Waals surface area contributed by atoms with E-state index in [0.717, 1.165) is 34.0 Å². The summed E-state index contributed by atoms with van der Waals surface area (Å²) in [5.41, 5.74) is 1.82. The molecule has 0 radical (unpaired) electrons. The Balaban J connectivity index is 1.46. The van der Waals surface area contributed by atoms with Gasteiger partial charge in [0.15, 0.2) is 0 Å². The van der Waals surface area contributed by atoms with Crippen LogP contribution in [0.3, 0.4) is 0 Å². The first-order chi connectivity index (χ1) is 52.4. The van der Waals surface area contributed by atoms with Gasteiger partial charge in [-0.15, -0.1) is 0 Å². The Bertz CT molecular complexity index is 3690. The molecule has 111 heavy (non-hydrogen) atoms. The molecule has 14 atom stereocenters. The largest absolute Gasteiger partial charge is 0.391 e. The molecule has 3 fully saturated rings. The molecule has 0 saturated carbocycles. The van der Waals surface area contributed by atoms with E-state index in [4.69, 9.17) is 0 Å². The maximum Gasteiger partial charge on any atom is 0.246 e. The van der Waals surface area contributed by atoms with Crippen LogP contribution >= 0.6 is 0 Å². The molecule has 3 aliphatic heterocycles. The van der Waals surface area contributed by atoms with Gasteiger partial charge in [-0.2, -0.15) is 0 Å². The van der Waals surface area contributed by atoms with E-state index in [9.17, 15) is 43.5 Å². The molecule has 3 aliphatic rings. The maximum atomic E-state index is 15.6. The van der Waals surface area contributed by atoms with E-state index >= 15 is 28.8 Å². The van der Waals surface area contributed by atoms with Gasteiger partial charge in [0, 0.05) is 74.1 Å². The van der Waals surface area contributed by atoms with Crippen LogP contribution in [0.2, 0.25) is 0 Å². The number of amides is 14. The van der Waals surface area contributed by atoms with Gasteiger partial charge < -0.3 is 76.6 Å². The van der Waals surface area contributed by atoms with Crippen molar-refractivity contribution in [2.75, 3.05) is 61.4 Å². The zero-order valence-corrected chi connectivity index (χ0v) is 67.8. The molecule has 610 valence electrons. The molecule has 3 aromatic rings. The fraction of sp³-hybridized carbons (Fsp3) is 0.610. The molecule has 14 amide bonds. The minimum absolute atomic E-state index is 0.0217. The second kappa shape index (κ2) is 42.6. The molecular formula is C82H122N14O15. The van der Waals surface area contributed by atoms with Gasteiger partial charge in [0.2, 0.25) is 82.7 Å². The van der Waals surface area contributed by atoms with Crippen LogP contribution in [0, 0.1) is 23.7 Å².